The molecule has 1 amide bonds. The van der Waals surface area contributed by atoms with Gasteiger partial charge in [0, 0.05) is 5.92 Å². The van der Waals surface area contributed by atoms with Crippen LogP contribution in [0.2, 0.25) is 0 Å². The van der Waals surface area contributed by atoms with Crippen molar-refractivity contribution >= 4 is 5.91 Å². The molecule has 0 aromatic heterocycles. The van der Waals surface area contributed by atoms with E-state index >= 15 is 0 Å². The van der Waals surface area contributed by atoms with Gasteiger partial charge in [-0.05, 0) is 16.7 Å². The molecule has 3 aromatic carbocycles. The Bertz CT molecular complexity index is 714. The van der Waals surface area contributed by atoms with Crippen LogP contribution in [0, 0.1) is 5.92 Å². The van der Waals surface area contributed by atoms with Gasteiger partial charge in [-0.15, -0.1) is 0 Å². The molecular weight excluding hydrogens is 306 g/mol. The average molecular weight is 329 g/mol. The molecule has 0 saturated carbocycles. The Hall–Kier alpha value is -2.87. The highest BCUT2D eigenvalue weighted by molar-refractivity contribution is 5.80. The minimum absolute atomic E-state index is 0.0246. The minimum atomic E-state index is -0.717. The first-order valence-electron chi connectivity index (χ1n) is 8.63. The van der Waals surface area contributed by atoms with E-state index in [1.165, 1.54) is 0 Å². The molecule has 3 rings (SSSR count). The van der Waals surface area contributed by atoms with Crippen molar-refractivity contribution in [2.45, 2.75) is 19.4 Å². The van der Waals surface area contributed by atoms with Crippen LogP contribution < -0.4 is 5.32 Å². The molecule has 0 heterocycles. The van der Waals surface area contributed by atoms with Gasteiger partial charge in [-0.3, -0.25) is 4.79 Å². The first-order chi connectivity index (χ1) is 12.1. The van der Waals surface area contributed by atoms with Crippen molar-refractivity contribution in [2.75, 3.05) is 0 Å². The van der Waals surface area contributed by atoms with E-state index in [-0.39, 0.29) is 11.8 Å². The zero-order valence-electron chi connectivity index (χ0n) is 14.6. The summed E-state index contributed by atoms with van der Waals surface area (Å²) in [5.74, 6) is -0.0768. The third-order valence-electron chi connectivity index (χ3n) is 4.46. The van der Waals surface area contributed by atoms with Crippen LogP contribution in [0.1, 0.15) is 30.5 Å². The molecule has 2 heteroatoms. The van der Waals surface area contributed by atoms with Crippen molar-refractivity contribution in [3.8, 4) is 0 Å². The van der Waals surface area contributed by atoms with Crippen molar-refractivity contribution in [1.29, 1.82) is 0 Å². The van der Waals surface area contributed by atoms with E-state index < -0.39 is 5.54 Å². The second-order valence-corrected chi connectivity index (χ2v) is 6.49. The van der Waals surface area contributed by atoms with Crippen molar-refractivity contribution < 1.29 is 4.79 Å². The number of carbonyl (C=O) groups is 1. The lowest BCUT2D eigenvalue weighted by atomic mass is 9.76. The summed E-state index contributed by atoms with van der Waals surface area (Å²) in [6, 6.07) is 30.5. The molecule has 25 heavy (non-hydrogen) atoms. The fraction of sp³-hybridized carbons (Fsp3) is 0.174. The van der Waals surface area contributed by atoms with Crippen LogP contribution in [0.5, 0.6) is 0 Å². The molecule has 0 saturated heterocycles. The quantitative estimate of drug-likeness (QED) is 0.672. The van der Waals surface area contributed by atoms with Gasteiger partial charge >= 0.3 is 0 Å². The molecule has 1 N–H and O–H groups in total. The Morgan fingerprint density at radius 2 is 1.00 bits per heavy atom. The molecule has 0 bridgehead atoms. The Morgan fingerprint density at radius 3 is 1.28 bits per heavy atom. The van der Waals surface area contributed by atoms with Gasteiger partial charge in [0.2, 0.25) is 5.91 Å². The van der Waals surface area contributed by atoms with Crippen LogP contribution >= 0.6 is 0 Å². The smallest absolute Gasteiger partial charge is 0.223 e. The Balaban J connectivity index is 2.29. The van der Waals surface area contributed by atoms with E-state index in [0.717, 1.165) is 16.7 Å². The average Bonchev–Trinajstić information content (AvgIpc) is 2.68. The lowest BCUT2D eigenvalue weighted by Crippen LogP contribution is -2.49. The first kappa shape index (κ1) is 17.0. The molecule has 0 unspecified atom stereocenters. The van der Waals surface area contributed by atoms with Gasteiger partial charge in [-0.1, -0.05) is 105 Å². The summed E-state index contributed by atoms with van der Waals surface area (Å²) in [5, 5.41) is 3.34. The largest absolute Gasteiger partial charge is 0.338 e. The van der Waals surface area contributed by atoms with Crippen LogP contribution in [-0.2, 0) is 10.3 Å². The fourth-order valence-corrected chi connectivity index (χ4v) is 3.11. The predicted octanol–water partition coefficient (Wildman–Crippen LogP) is 4.75. The maximum Gasteiger partial charge on any atom is 0.223 e. The molecule has 126 valence electrons. The first-order valence-corrected chi connectivity index (χ1v) is 8.63. The number of hydrogen-bond acceptors (Lipinski definition) is 1. The van der Waals surface area contributed by atoms with Gasteiger partial charge < -0.3 is 5.32 Å². The molecule has 2 nitrogen and oxygen atoms in total. The van der Waals surface area contributed by atoms with Gasteiger partial charge in [-0.25, -0.2) is 0 Å². The van der Waals surface area contributed by atoms with Gasteiger partial charge in [0.05, 0.1) is 0 Å². The van der Waals surface area contributed by atoms with Gasteiger partial charge in [0.1, 0.15) is 5.54 Å². The monoisotopic (exact) mass is 329 g/mol. The Kier molecular flexibility index (Phi) is 4.99. The highest BCUT2D eigenvalue weighted by atomic mass is 16.2. The summed E-state index contributed by atoms with van der Waals surface area (Å²) in [7, 11) is 0. The van der Waals surface area contributed by atoms with Crippen LogP contribution in [0.15, 0.2) is 91.0 Å². The standard InChI is InChI=1S/C23H23NO/c1-18(2)22(25)24-23(19-12-6-3-7-13-19,20-14-8-4-9-15-20)21-16-10-5-11-17-21/h3-18H,1-2H3,(H,24,25). The molecule has 0 spiro atoms. The normalized spacial score (nSPS) is 11.3. The van der Waals surface area contributed by atoms with Crippen LogP contribution in [0.4, 0.5) is 0 Å². The zero-order chi connectivity index (χ0) is 17.7. The van der Waals surface area contributed by atoms with E-state index in [2.05, 4.69) is 41.7 Å². The molecule has 0 aliphatic carbocycles. The molecule has 0 radical (unpaired) electrons. The van der Waals surface area contributed by atoms with Crippen LogP contribution in [0.25, 0.3) is 0 Å². The Labute approximate surface area is 149 Å². The summed E-state index contributed by atoms with van der Waals surface area (Å²) in [6.45, 7) is 3.84. The summed E-state index contributed by atoms with van der Waals surface area (Å²) in [5.41, 5.74) is 2.41. The number of carbonyl (C=O) groups excluding carboxylic acids is 1. The maximum atomic E-state index is 12.8. The van der Waals surface area contributed by atoms with E-state index in [9.17, 15) is 4.79 Å². The highest BCUT2D eigenvalue weighted by Crippen LogP contribution is 2.36. The highest BCUT2D eigenvalue weighted by Gasteiger charge is 2.38. The number of amides is 1. The van der Waals surface area contributed by atoms with Crippen LogP contribution in [0.3, 0.4) is 0 Å². The summed E-state index contributed by atoms with van der Waals surface area (Å²) in [4.78, 5) is 12.8. The second kappa shape index (κ2) is 7.35. The number of benzene rings is 3. The lowest BCUT2D eigenvalue weighted by Gasteiger charge is -2.37. The van der Waals surface area contributed by atoms with Crippen molar-refractivity contribution in [3.63, 3.8) is 0 Å². The Morgan fingerprint density at radius 1 is 0.680 bits per heavy atom. The second-order valence-electron chi connectivity index (χ2n) is 6.49. The van der Waals surface area contributed by atoms with E-state index in [1.54, 1.807) is 0 Å². The topological polar surface area (TPSA) is 29.1 Å². The van der Waals surface area contributed by atoms with Gasteiger partial charge in [0.15, 0.2) is 0 Å². The number of nitrogens with one attached hydrogen (secondary N) is 1. The van der Waals surface area contributed by atoms with Gasteiger partial charge in [-0.2, -0.15) is 0 Å². The summed E-state index contributed by atoms with van der Waals surface area (Å²) < 4.78 is 0. The van der Waals surface area contributed by atoms with Crippen molar-refractivity contribution in [3.05, 3.63) is 108 Å². The molecule has 0 aliphatic rings. The minimum Gasteiger partial charge on any atom is -0.338 e. The molecular formula is C23H23NO. The summed E-state index contributed by atoms with van der Waals surface area (Å²) >= 11 is 0. The molecule has 0 aliphatic heterocycles. The number of hydrogen-bond donors (Lipinski definition) is 1. The van der Waals surface area contributed by atoms with E-state index in [1.807, 2.05) is 68.4 Å². The molecule has 0 atom stereocenters. The number of rotatable bonds is 5. The lowest BCUT2D eigenvalue weighted by molar-refractivity contribution is -0.125. The summed E-state index contributed by atoms with van der Waals surface area (Å²) in [6.07, 6.45) is 0. The van der Waals surface area contributed by atoms with Crippen molar-refractivity contribution in [1.82, 2.24) is 5.32 Å². The van der Waals surface area contributed by atoms with Gasteiger partial charge in [0.25, 0.3) is 0 Å². The predicted molar refractivity (Wildman–Crippen MR) is 102 cm³/mol. The third kappa shape index (κ3) is 3.34. The molecule has 0 fully saturated rings. The fourth-order valence-electron chi connectivity index (χ4n) is 3.11. The third-order valence-corrected chi connectivity index (χ3v) is 4.46. The van der Waals surface area contributed by atoms with Crippen molar-refractivity contribution in [2.24, 2.45) is 5.92 Å². The van der Waals surface area contributed by atoms with Crippen LogP contribution in [-0.4, -0.2) is 5.91 Å². The SMILES string of the molecule is CC(C)C(=O)NC(c1ccccc1)(c1ccccc1)c1ccccc1. The van der Waals surface area contributed by atoms with E-state index in [4.69, 9.17) is 0 Å². The van der Waals surface area contributed by atoms with E-state index in [0.29, 0.717) is 0 Å². The molecule has 3 aromatic rings. The zero-order valence-corrected chi connectivity index (χ0v) is 14.6. The maximum absolute atomic E-state index is 12.8.